The van der Waals surface area contributed by atoms with Crippen molar-refractivity contribution in [1.82, 2.24) is 4.90 Å². The first-order valence-electron chi connectivity index (χ1n) is 6.54. The Morgan fingerprint density at radius 3 is 2.50 bits per heavy atom. The summed E-state index contributed by atoms with van der Waals surface area (Å²) < 4.78 is 23.6. The van der Waals surface area contributed by atoms with E-state index in [0.29, 0.717) is 12.3 Å². The predicted octanol–water partition coefficient (Wildman–Crippen LogP) is 0.979. The predicted molar refractivity (Wildman–Crippen MR) is 72.0 cm³/mol. The molecule has 0 aromatic carbocycles. The molecule has 4 nitrogen and oxygen atoms in total. The molecule has 3 rings (SSSR count). The normalized spacial score (nSPS) is 39.5. The van der Waals surface area contributed by atoms with Crippen LogP contribution in [0.4, 0.5) is 0 Å². The van der Waals surface area contributed by atoms with Gasteiger partial charge in [0.25, 0.3) is 0 Å². The Hall–Kier alpha value is -0.230. The van der Waals surface area contributed by atoms with Crippen molar-refractivity contribution >= 4 is 27.5 Å². The zero-order valence-corrected chi connectivity index (χ0v) is 12.2. The van der Waals surface area contributed by atoms with Crippen molar-refractivity contribution in [3.05, 3.63) is 0 Å². The minimum atomic E-state index is -3.17. The molecule has 1 amide bonds. The van der Waals surface area contributed by atoms with E-state index in [0.717, 1.165) is 30.4 Å². The molecule has 0 bridgehead atoms. The van der Waals surface area contributed by atoms with Gasteiger partial charge in [0, 0.05) is 30.2 Å². The average Bonchev–Trinajstić information content (AvgIpc) is 2.94. The molecule has 2 saturated carbocycles. The number of carbonyl (C=O) groups is 1. The molecule has 0 radical (unpaired) electrons. The van der Waals surface area contributed by atoms with Crippen molar-refractivity contribution in [2.45, 2.75) is 24.6 Å². The van der Waals surface area contributed by atoms with Crippen molar-refractivity contribution in [2.24, 2.45) is 17.8 Å². The van der Waals surface area contributed by atoms with Gasteiger partial charge in [0.15, 0.2) is 9.84 Å². The van der Waals surface area contributed by atoms with Gasteiger partial charge in [-0.3, -0.25) is 4.79 Å². The van der Waals surface area contributed by atoms with Crippen molar-refractivity contribution < 1.29 is 13.2 Å². The van der Waals surface area contributed by atoms with Gasteiger partial charge in [0.1, 0.15) is 5.37 Å². The van der Waals surface area contributed by atoms with Crippen LogP contribution in [0.2, 0.25) is 0 Å². The third kappa shape index (κ3) is 2.29. The number of amides is 1. The quantitative estimate of drug-likeness (QED) is 0.760. The highest BCUT2D eigenvalue weighted by atomic mass is 32.2. The molecular weight excluding hydrogens is 270 g/mol. The molecule has 0 aromatic rings. The van der Waals surface area contributed by atoms with E-state index in [4.69, 9.17) is 0 Å². The van der Waals surface area contributed by atoms with E-state index in [1.54, 1.807) is 16.7 Å². The van der Waals surface area contributed by atoms with Crippen LogP contribution in [0, 0.1) is 17.8 Å². The number of hydrogen-bond acceptors (Lipinski definition) is 4. The topological polar surface area (TPSA) is 54.5 Å². The maximum atomic E-state index is 12.5. The van der Waals surface area contributed by atoms with Gasteiger partial charge in [0.2, 0.25) is 5.91 Å². The Kier molecular flexibility index (Phi) is 3.13. The third-order valence-electron chi connectivity index (χ3n) is 4.45. The summed E-state index contributed by atoms with van der Waals surface area (Å²) in [7, 11) is -3.17. The van der Waals surface area contributed by atoms with Crippen molar-refractivity contribution in [3.63, 3.8) is 0 Å². The van der Waals surface area contributed by atoms with Gasteiger partial charge in [0.05, 0.1) is 0 Å². The number of sulfone groups is 1. The van der Waals surface area contributed by atoms with Crippen LogP contribution in [-0.4, -0.2) is 48.9 Å². The summed E-state index contributed by atoms with van der Waals surface area (Å²) >= 11 is 1.63. The maximum Gasteiger partial charge on any atom is 0.226 e. The number of rotatable bonds is 2. The zero-order chi connectivity index (χ0) is 12.9. The summed E-state index contributed by atoms with van der Waals surface area (Å²) in [5.41, 5.74) is 0. The third-order valence-corrected chi connectivity index (χ3v) is 7.10. The first kappa shape index (κ1) is 12.8. The van der Waals surface area contributed by atoms with E-state index >= 15 is 0 Å². The molecule has 6 heteroatoms. The Bertz CT molecular complexity index is 452. The molecule has 1 saturated heterocycles. The Balaban J connectivity index is 1.74. The highest BCUT2D eigenvalue weighted by molar-refractivity contribution is 8.00. The molecule has 18 heavy (non-hydrogen) atoms. The summed E-state index contributed by atoms with van der Waals surface area (Å²) in [6, 6.07) is 0. The number of fused-ring (bicyclic) bond motifs is 1. The molecule has 3 fully saturated rings. The van der Waals surface area contributed by atoms with Crippen LogP contribution in [0.1, 0.15) is 19.3 Å². The first-order chi connectivity index (χ1) is 8.47. The smallest absolute Gasteiger partial charge is 0.226 e. The molecule has 0 spiro atoms. The lowest BCUT2D eigenvalue weighted by Gasteiger charge is -2.35. The molecule has 1 heterocycles. The van der Waals surface area contributed by atoms with Crippen LogP contribution in [0.15, 0.2) is 0 Å². The fourth-order valence-corrected chi connectivity index (χ4v) is 6.16. The minimum absolute atomic E-state index is 0.0953. The fraction of sp³-hybridized carbons (Fsp3) is 0.917. The monoisotopic (exact) mass is 289 g/mol. The molecule has 0 aromatic heterocycles. The van der Waals surface area contributed by atoms with E-state index in [-0.39, 0.29) is 11.8 Å². The highest BCUT2D eigenvalue weighted by Crippen LogP contribution is 2.54. The average molecular weight is 289 g/mol. The van der Waals surface area contributed by atoms with Crippen LogP contribution in [0.5, 0.6) is 0 Å². The van der Waals surface area contributed by atoms with E-state index < -0.39 is 15.2 Å². The van der Waals surface area contributed by atoms with Crippen molar-refractivity contribution in [1.29, 1.82) is 0 Å². The lowest BCUT2D eigenvalue weighted by molar-refractivity contribution is -0.136. The van der Waals surface area contributed by atoms with E-state index in [2.05, 4.69) is 0 Å². The standard InChI is InChI=1S/C12H19NO3S2/c1-18(15,16)11-7-17-3-2-13(11)12(14)10-5-8-4-9(8)6-10/h8-11H,2-7H2,1H3. The SMILES string of the molecule is CS(=O)(=O)C1CSCCN1C(=O)C1CC2CC2C1. The van der Waals surface area contributed by atoms with Gasteiger partial charge in [-0.2, -0.15) is 11.8 Å². The second-order valence-corrected chi connectivity index (χ2v) is 9.17. The van der Waals surface area contributed by atoms with Gasteiger partial charge in [-0.25, -0.2) is 8.42 Å². The fourth-order valence-electron chi connectivity index (χ4n) is 3.34. The van der Waals surface area contributed by atoms with Gasteiger partial charge in [-0.05, 0) is 31.1 Å². The van der Waals surface area contributed by atoms with Crippen molar-refractivity contribution in [3.8, 4) is 0 Å². The molecular formula is C12H19NO3S2. The van der Waals surface area contributed by atoms with Crippen LogP contribution in [-0.2, 0) is 14.6 Å². The number of carbonyl (C=O) groups excluding carboxylic acids is 1. The molecule has 3 unspecified atom stereocenters. The van der Waals surface area contributed by atoms with Gasteiger partial charge >= 0.3 is 0 Å². The second kappa shape index (κ2) is 4.40. The van der Waals surface area contributed by atoms with Crippen LogP contribution < -0.4 is 0 Å². The highest BCUT2D eigenvalue weighted by Gasteiger charge is 2.50. The zero-order valence-electron chi connectivity index (χ0n) is 10.5. The van der Waals surface area contributed by atoms with Crippen molar-refractivity contribution in [2.75, 3.05) is 24.3 Å². The Morgan fingerprint density at radius 2 is 1.89 bits per heavy atom. The summed E-state index contributed by atoms with van der Waals surface area (Å²) in [5, 5.41) is -0.597. The molecule has 1 aliphatic heterocycles. The summed E-state index contributed by atoms with van der Waals surface area (Å²) in [4.78, 5) is 14.1. The van der Waals surface area contributed by atoms with Crippen LogP contribution in [0.3, 0.4) is 0 Å². The molecule has 3 aliphatic rings. The lowest BCUT2D eigenvalue weighted by Crippen LogP contribution is -2.51. The molecule has 2 aliphatic carbocycles. The van der Waals surface area contributed by atoms with Crippen LogP contribution >= 0.6 is 11.8 Å². The number of thioether (sulfide) groups is 1. The van der Waals surface area contributed by atoms with Crippen LogP contribution in [0.25, 0.3) is 0 Å². The first-order valence-corrected chi connectivity index (χ1v) is 9.65. The Morgan fingerprint density at radius 1 is 1.22 bits per heavy atom. The molecule has 102 valence electrons. The van der Waals surface area contributed by atoms with E-state index in [1.165, 1.54) is 12.7 Å². The summed E-state index contributed by atoms with van der Waals surface area (Å²) in [6.45, 7) is 0.590. The summed E-state index contributed by atoms with van der Waals surface area (Å²) in [5.74, 6) is 3.10. The largest absolute Gasteiger partial charge is 0.324 e. The van der Waals surface area contributed by atoms with Gasteiger partial charge < -0.3 is 4.90 Å². The minimum Gasteiger partial charge on any atom is -0.324 e. The van der Waals surface area contributed by atoms with Gasteiger partial charge in [-0.1, -0.05) is 0 Å². The molecule has 3 atom stereocenters. The maximum absolute atomic E-state index is 12.5. The Labute approximate surface area is 112 Å². The summed E-state index contributed by atoms with van der Waals surface area (Å²) in [6.07, 6.45) is 4.51. The molecule has 0 N–H and O–H groups in total. The van der Waals surface area contributed by atoms with Gasteiger partial charge in [-0.15, -0.1) is 0 Å². The second-order valence-electron chi connectivity index (χ2n) is 5.81. The van der Waals surface area contributed by atoms with E-state index in [1.807, 2.05) is 0 Å². The number of nitrogens with zero attached hydrogens (tertiary/aromatic N) is 1. The van der Waals surface area contributed by atoms with E-state index in [9.17, 15) is 13.2 Å². The lowest BCUT2D eigenvalue weighted by atomic mass is 10.0. The number of hydrogen-bond donors (Lipinski definition) is 0.